The van der Waals surface area contributed by atoms with E-state index in [4.69, 9.17) is 9.84 Å². The Bertz CT molecular complexity index is 425. The van der Waals surface area contributed by atoms with Crippen molar-refractivity contribution in [3.05, 3.63) is 23.8 Å². The molecular formula is C12H16O5. The quantitative estimate of drug-likeness (QED) is 0.694. The Kier molecular flexibility index (Phi) is 3.63. The first-order valence-corrected chi connectivity index (χ1v) is 5.08. The summed E-state index contributed by atoms with van der Waals surface area (Å²) in [5.74, 6) is -1.23. The zero-order valence-electron chi connectivity index (χ0n) is 9.97. The molecular weight excluding hydrogens is 224 g/mol. The number of hydrogen-bond acceptors (Lipinski definition) is 4. The maximum Gasteiger partial charge on any atom is 0.333 e. The lowest BCUT2D eigenvalue weighted by Gasteiger charge is -2.31. The first kappa shape index (κ1) is 13.3. The summed E-state index contributed by atoms with van der Waals surface area (Å²) in [4.78, 5) is 11.1. The smallest absolute Gasteiger partial charge is 0.333 e. The van der Waals surface area contributed by atoms with Gasteiger partial charge in [0.2, 0.25) is 0 Å². The molecule has 0 bridgehead atoms. The van der Waals surface area contributed by atoms with Crippen LogP contribution in [-0.2, 0) is 14.9 Å². The van der Waals surface area contributed by atoms with Gasteiger partial charge in [0.25, 0.3) is 0 Å². The summed E-state index contributed by atoms with van der Waals surface area (Å²) in [7, 11) is 1.29. The van der Waals surface area contributed by atoms with Gasteiger partial charge < -0.3 is 20.1 Å². The molecule has 0 amide bonds. The highest BCUT2D eigenvalue weighted by Gasteiger charge is 2.38. The number of rotatable bonds is 4. The maximum absolute atomic E-state index is 11.1. The largest absolute Gasteiger partial charge is 0.508 e. The van der Waals surface area contributed by atoms with Crippen molar-refractivity contribution < 1.29 is 24.9 Å². The van der Waals surface area contributed by atoms with Gasteiger partial charge in [0.1, 0.15) is 11.5 Å². The Morgan fingerprint density at radius 2 is 1.94 bits per heavy atom. The topological polar surface area (TPSA) is 87.0 Å². The summed E-state index contributed by atoms with van der Waals surface area (Å²) < 4.78 is 4.93. The van der Waals surface area contributed by atoms with Gasteiger partial charge >= 0.3 is 5.97 Å². The number of aromatic hydroxyl groups is 2. The highest BCUT2D eigenvalue weighted by Crippen LogP contribution is 2.37. The lowest BCUT2D eigenvalue weighted by Crippen LogP contribution is -2.41. The molecule has 0 aliphatic rings. The Balaban J connectivity index is 3.28. The Labute approximate surface area is 99.3 Å². The molecule has 0 radical (unpaired) electrons. The molecule has 0 saturated carbocycles. The fraction of sp³-hybridized carbons (Fsp3) is 0.417. The highest BCUT2D eigenvalue weighted by molar-refractivity contribution is 5.75. The first-order chi connectivity index (χ1) is 7.80. The minimum absolute atomic E-state index is 0.0360. The van der Waals surface area contributed by atoms with Crippen LogP contribution in [0.3, 0.4) is 0 Å². The van der Waals surface area contributed by atoms with E-state index in [1.165, 1.54) is 25.3 Å². The van der Waals surface area contributed by atoms with Gasteiger partial charge in [0, 0.05) is 18.1 Å². The summed E-state index contributed by atoms with van der Waals surface area (Å²) in [5, 5.41) is 28.2. The van der Waals surface area contributed by atoms with Gasteiger partial charge in [-0.3, -0.25) is 0 Å². The zero-order valence-corrected chi connectivity index (χ0v) is 9.97. The molecule has 94 valence electrons. The standard InChI is InChI=1S/C12H16O5/c1-12(2,10(17-3)11(15)16)8-6-7(13)4-5-9(8)14/h4-6,10,13-14H,1-3H3,(H,15,16). The fourth-order valence-corrected chi connectivity index (χ4v) is 1.89. The molecule has 0 heterocycles. The van der Waals surface area contributed by atoms with Crippen LogP contribution in [0.1, 0.15) is 19.4 Å². The van der Waals surface area contributed by atoms with E-state index in [0.717, 1.165) is 0 Å². The average molecular weight is 240 g/mol. The maximum atomic E-state index is 11.1. The van der Waals surface area contributed by atoms with Gasteiger partial charge in [0.15, 0.2) is 6.10 Å². The number of carboxylic acids is 1. The van der Waals surface area contributed by atoms with Crippen LogP contribution in [0.5, 0.6) is 11.5 Å². The number of ether oxygens (including phenoxy) is 1. The fourth-order valence-electron chi connectivity index (χ4n) is 1.89. The van der Waals surface area contributed by atoms with Crippen LogP contribution in [0, 0.1) is 0 Å². The second-order valence-corrected chi connectivity index (χ2v) is 4.38. The average Bonchev–Trinajstić information content (AvgIpc) is 2.21. The Morgan fingerprint density at radius 3 is 2.41 bits per heavy atom. The summed E-state index contributed by atoms with van der Waals surface area (Å²) in [6.07, 6.45) is -1.12. The molecule has 1 rings (SSSR count). The van der Waals surface area contributed by atoms with Crippen molar-refractivity contribution in [2.24, 2.45) is 0 Å². The predicted octanol–water partition coefficient (Wildman–Crippen LogP) is 1.47. The minimum Gasteiger partial charge on any atom is -0.508 e. The Hall–Kier alpha value is -1.75. The molecule has 17 heavy (non-hydrogen) atoms. The third-order valence-corrected chi connectivity index (χ3v) is 2.79. The number of methoxy groups -OCH3 is 1. The van der Waals surface area contributed by atoms with Crippen molar-refractivity contribution in [2.45, 2.75) is 25.4 Å². The third kappa shape index (κ3) is 2.50. The molecule has 0 fully saturated rings. The van der Waals surface area contributed by atoms with Crippen LogP contribution in [0.25, 0.3) is 0 Å². The van der Waals surface area contributed by atoms with E-state index in [1.807, 2.05) is 0 Å². The van der Waals surface area contributed by atoms with Gasteiger partial charge in [-0.25, -0.2) is 4.79 Å². The second-order valence-electron chi connectivity index (χ2n) is 4.38. The van der Waals surface area contributed by atoms with Crippen molar-refractivity contribution in [1.82, 2.24) is 0 Å². The van der Waals surface area contributed by atoms with Crippen molar-refractivity contribution in [3.63, 3.8) is 0 Å². The molecule has 0 aliphatic carbocycles. The summed E-state index contributed by atoms with van der Waals surface area (Å²) in [6, 6.07) is 3.99. The number of hydrogen-bond donors (Lipinski definition) is 3. The number of benzene rings is 1. The molecule has 1 aromatic carbocycles. The predicted molar refractivity (Wildman–Crippen MR) is 61.2 cm³/mol. The molecule has 0 aliphatic heterocycles. The summed E-state index contributed by atoms with van der Waals surface area (Å²) >= 11 is 0. The monoisotopic (exact) mass is 240 g/mol. The van der Waals surface area contributed by atoms with E-state index < -0.39 is 17.5 Å². The molecule has 1 aromatic rings. The SMILES string of the molecule is COC(C(=O)O)C(C)(C)c1cc(O)ccc1O. The van der Waals surface area contributed by atoms with Crippen molar-refractivity contribution >= 4 is 5.97 Å². The van der Waals surface area contributed by atoms with Gasteiger partial charge in [-0.05, 0) is 18.2 Å². The van der Waals surface area contributed by atoms with E-state index >= 15 is 0 Å². The number of aliphatic carboxylic acids is 1. The van der Waals surface area contributed by atoms with Crippen LogP contribution in [0.4, 0.5) is 0 Å². The number of phenols is 2. The Morgan fingerprint density at radius 1 is 1.35 bits per heavy atom. The third-order valence-electron chi connectivity index (χ3n) is 2.79. The zero-order chi connectivity index (χ0) is 13.2. The molecule has 5 heteroatoms. The van der Waals surface area contributed by atoms with Gasteiger partial charge in [0.05, 0.1) is 0 Å². The first-order valence-electron chi connectivity index (χ1n) is 5.08. The van der Waals surface area contributed by atoms with Crippen LogP contribution >= 0.6 is 0 Å². The van der Waals surface area contributed by atoms with Crippen LogP contribution in [0.15, 0.2) is 18.2 Å². The van der Waals surface area contributed by atoms with Crippen LogP contribution < -0.4 is 0 Å². The van der Waals surface area contributed by atoms with E-state index in [1.54, 1.807) is 13.8 Å². The molecule has 0 aromatic heterocycles. The summed E-state index contributed by atoms with van der Waals surface area (Å²) in [6.45, 7) is 3.26. The van der Waals surface area contributed by atoms with Crippen LogP contribution in [0.2, 0.25) is 0 Å². The summed E-state index contributed by atoms with van der Waals surface area (Å²) in [5.41, 5.74) is -0.643. The van der Waals surface area contributed by atoms with E-state index in [0.29, 0.717) is 5.56 Å². The lowest BCUT2D eigenvalue weighted by atomic mass is 9.78. The number of carbonyl (C=O) groups is 1. The highest BCUT2D eigenvalue weighted by atomic mass is 16.5. The molecule has 5 nitrogen and oxygen atoms in total. The van der Waals surface area contributed by atoms with Gasteiger partial charge in [-0.15, -0.1) is 0 Å². The van der Waals surface area contributed by atoms with Crippen molar-refractivity contribution in [3.8, 4) is 11.5 Å². The van der Waals surface area contributed by atoms with Crippen LogP contribution in [-0.4, -0.2) is 34.5 Å². The van der Waals surface area contributed by atoms with Gasteiger partial charge in [-0.1, -0.05) is 13.8 Å². The second kappa shape index (κ2) is 4.63. The van der Waals surface area contributed by atoms with Crippen molar-refractivity contribution in [2.75, 3.05) is 7.11 Å². The molecule has 1 unspecified atom stereocenters. The minimum atomic E-state index is -1.12. The van der Waals surface area contributed by atoms with E-state index in [-0.39, 0.29) is 11.5 Å². The molecule has 0 saturated heterocycles. The normalized spacial score (nSPS) is 13.4. The number of phenolic OH excluding ortho intramolecular Hbond substituents is 2. The van der Waals surface area contributed by atoms with Crippen molar-refractivity contribution in [1.29, 1.82) is 0 Å². The van der Waals surface area contributed by atoms with E-state index in [9.17, 15) is 15.0 Å². The molecule has 3 N–H and O–H groups in total. The van der Waals surface area contributed by atoms with E-state index in [2.05, 4.69) is 0 Å². The number of carboxylic acid groups (broad SMARTS) is 1. The molecule has 0 spiro atoms. The molecule has 1 atom stereocenters. The van der Waals surface area contributed by atoms with Gasteiger partial charge in [-0.2, -0.15) is 0 Å². The lowest BCUT2D eigenvalue weighted by molar-refractivity contribution is -0.152.